The summed E-state index contributed by atoms with van der Waals surface area (Å²) in [6.07, 6.45) is 4.93. The summed E-state index contributed by atoms with van der Waals surface area (Å²) in [4.78, 5) is 18.0. The second-order valence-corrected chi connectivity index (χ2v) is 10.1. The van der Waals surface area contributed by atoms with Crippen LogP contribution in [0, 0.1) is 11.6 Å². The Morgan fingerprint density at radius 3 is 2.50 bits per heavy atom. The molecule has 1 aromatic heterocycles. The number of para-hydroxylation sites is 1. The minimum atomic E-state index is -1.34. The third kappa shape index (κ3) is 6.68. The zero-order valence-corrected chi connectivity index (χ0v) is 22.2. The number of hydrogen-bond acceptors (Lipinski definition) is 9. The lowest BCUT2D eigenvalue weighted by Gasteiger charge is -2.30. The van der Waals surface area contributed by atoms with Crippen molar-refractivity contribution in [2.45, 2.75) is 31.7 Å². The Balaban J connectivity index is 1.37. The molecule has 0 unspecified atom stereocenters. The highest BCUT2D eigenvalue weighted by molar-refractivity contribution is 6.09. The number of β-amino-alcohol motifs (C(OH)–C–C–N with tert-alkyl or cyclic N) is 2. The number of nitrogens with two attached hydrogens (primary N) is 1. The molecule has 0 spiro atoms. The van der Waals surface area contributed by atoms with E-state index in [0.29, 0.717) is 59.7 Å². The summed E-state index contributed by atoms with van der Waals surface area (Å²) in [7, 11) is 0. The Morgan fingerprint density at radius 2 is 1.82 bits per heavy atom. The topological polar surface area (TPSA) is 120 Å². The summed E-state index contributed by atoms with van der Waals surface area (Å²) in [5.41, 5.74) is 9.08. The number of aliphatic hydroxyl groups is 2. The van der Waals surface area contributed by atoms with Crippen LogP contribution in [0.1, 0.15) is 24.1 Å². The van der Waals surface area contributed by atoms with Crippen molar-refractivity contribution in [3.8, 4) is 11.1 Å². The number of halogens is 2. The van der Waals surface area contributed by atoms with Gasteiger partial charge in [0.05, 0.1) is 42.2 Å². The molecule has 0 atom stereocenters. The average molecular weight is 553 g/mol. The molecule has 3 heterocycles. The lowest BCUT2D eigenvalue weighted by Crippen LogP contribution is -2.39. The third-order valence-corrected chi connectivity index (χ3v) is 7.39. The number of fused-ring (bicyclic) bond motifs is 1. The van der Waals surface area contributed by atoms with Gasteiger partial charge in [0.1, 0.15) is 11.6 Å². The number of nitrogens with zero attached hydrogens (tertiary/aromatic N) is 5. The summed E-state index contributed by atoms with van der Waals surface area (Å²) in [6, 6.07) is 8.14. The van der Waals surface area contributed by atoms with Crippen molar-refractivity contribution in [2.24, 2.45) is 10.7 Å². The van der Waals surface area contributed by atoms with Crippen LogP contribution in [0.15, 0.2) is 47.7 Å². The van der Waals surface area contributed by atoms with Gasteiger partial charge in [-0.25, -0.2) is 13.8 Å². The van der Waals surface area contributed by atoms with Gasteiger partial charge < -0.3 is 20.7 Å². The molecule has 2 aromatic carbocycles. The normalized spacial score (nSPS) is 18.4. The average Bonchev–Trinajstić information content (AvgIpc) is 2.96. The molecule has 0 saturated carbocycles. The second-order valence-electron chi connectivity index (χ2n) is 10.1. The van der Waals surface area contributed by atoms with Gasteiger partial charge in [-0.3, -0.25) is 19.8 Å². The molecule has 11 heteroatoms. The number of benzene rings is 2. The molecular formula is C29H34F2N6O3. The van der Waals surface area contributed by atoms with E-state index in [4.69, 9.17) is 15.5 Å². The van der Waals surface area contributed by atoms with E-state index < -0.39 is 17.9 Å². The van der Waals surface area contributed by atoms with Crippen LogP contribution in [0.4, 0.5) is 8.78 Å². The maximum Gasteiger partial charge on any atom is 0.164 e. The van der Waals surface area contributed by atoms with Gasteiger partial charge >= 0.3 is 0 Å². The molecule has 3 aromatic rings. The van der Waals surface area contributed by atoms with E-state index in [2.05, 4.69) is 9.98 Å². The van der Waals surface area contributed by atoms with Crippen molar-refractivity contribution >= 4 is 22.8 Å². The number of piperidine rings is 1. The van der Waals surface area contributed by atoms with E-state index in [1.54, 1.807) is 30.6 Å². The number of morpholine rings is 1. The van der Waals surface area contributed by atoms with Crippen molar-refractivity contribution in [1.82, 2.24) is 19.8 Å². The summed E-state index contributed by atoms with van der Waals surface area (Å²) in [6.45, 7) is 4.23. The van der Waals surface area contributed by atoms with Crippen molar-refractivity contribution in [2.75, 3.05) is 45.9 Å². The van der Waals surface area contributed by atoms with E-state index in [1.807, 2.05) is 9.80 Å². The fraction of sp³-hybridized carbons (Fsp3) is 0.414. The Morgan fingerprint density at radius 1 is 1.10 bits per heavy atom. The molecule has 2 aliphatic rings. The fourth-order valence-corrected chi connectivity index (χ4v) is 5.16. The molecule has 4 N–H and O–H groups in total. The molecule has 2 fully saturated rings. The first-order valence-electron chi connectivity index (χ1n) is 13.5. The maximum absolute atomic E-state index is 15.2. The third-order valence-electron chi connectivity index (χ3n) is 7.39. The molecule has 0 radical (unpaired) electrons. The van der Waals surface area contributed by atoms with Gasteiger partial charge in [-0.05, 0) is 36.6 Å². The van der Waals surface area contributed by atoms with E-state index >= 15 is 8.78 Å². The van der Waals surface area contributed by atoms with Gasteiger partial charge in [-0.2, -0.15) is 0 Å². The first-order chi connectivity index (χ1) is 19.4. The summed E-state index contributed by atoms with van der Waals surface area (Å²) < 4.78 is 35.7. The lowest BCUT2D eigenvalue weighted by molar-refractivity contribution is -0.0641. The van der Waals surface area contributed by atoms with Crippen LogP contribution in [-0.4, -0.2) is 94.5 Å². The molecule has 2 saturated heterocycles. The van der Waals surface area contributed by atoms with E-state index in [1.165, 1.54) is 18.3 Å². The monoisotopic (exact) mass is 552 g/mol. The zero-order chi connectivity index (χ0) is 28.1. The van der Waals surface area contributed by atoms with Gasteiger partial charge in [0.15, 0.2) is 6.29 Å². The van der Waals surface area contributed by atoms with Gasteiger partial charge in [-0.15, -0.1) is 0 Å². The number of ether oxygens (including phenoxy) is 1. The molecule has 0 bridgehead atoms. The molecule has 0 aliphatic carbocycles. The number of aromatic nitrogens is 2. The Labute approximate surface area is 231 Å². The molecule has 9 nitrogen and oxygen atoms in total. The van der Waals surface area contributed by atoms with Crippen molar-refractivity contribution in [3.05, 3.63) is 65.6 Å². The molecule has 212 valence electrons. The smallest absolute Gasteiger partial charge is 0.164 e. The van der Waals surface area contributed by atoms with Crippen LogP contribution in [0.2, 0.25) is 0 Å². The van der Waals surface area contributed by atoms with Crippen LogP contribution in [-0.2, 0) is 11.3 Å². The first-order valence-corrected chi connectivity index (χ1v) is 13.5. The predicted octanol–water partition coefficient (Wildman–Crippen LogP) is 2.55. The number of aliphatic imine (C=N–C) groups is 1. The Kier molecular flexibility index (Phi) is 9.08. The zero-order valence-electron chi connectivity index (χ0n) is 22.2. The van der Waals surface area contributed by atoms with Crippen molar-refractivity contribution in [3.63, 3.8) is 0 Å². The highest BCUT2D eigenvalue weighted by atomic mass is 19.1. The van der Waals surface area contributed by atoms with Crippen LogP contribution < -0.4 is 5.73 Å². The summed E-state index contributed by atoms with van der Waals surface area (Å²) in [5.74, 6) is -1.20. The molecule has 2 aliphatic heterocycles. The molecule has 0 amide bonds. The van der Waals surface area contributed by atoms with E-state index in [-0.39, 0.29) is 24.7 Å². The fourth-order valence-electron chi connectivity index (χ4n) is 5.16. The highest BCUT2D eigenvalue weighted by Crippen LogP contribution is 2.30. The van der Waals surface area contributed by atoms with E-state index in [0.717, 1.165) is 25.9 Å². The quantitative estimate of drug-likeness (QED) is 0.288. The van der Waals surface area contributed by atoms with Gasteiger partial charge in [0, 0.05) is 68.4 Å². The Hall–Kier alpha value is -3.35. The van der Waals surface area contributed by atoms with E-state index in [9.17, 15) is 10.2 Å². The minimum absolute atomic E-state index is 0.0422. The summed E-state index contributed by atoms with van der Waals surface area (Å²) >= 11 is 0. The van der Waals surface area contributed by atoms with Crippen LogP contribution >= 0.6 is 0 Å². The second kappa shape index (κ2) is 12.9. The number of allylic oxidation sites excluding steroid dienone is 1. The van der Waals surface area contributed by atoms with Crippen LogP contribution in [0.5, 0.6) is 0 Å². The highest BCUT2D eigenvalue weighted by Gasteiger charge is 2.21. The van der Waals surface area contributed by atoms with Gasteiger partial charge in [0.25, 0.3) is 0 Å². The molecule has 5 rings (SSSR count). The molecular weight excluding hydrogens is 518 g/mol. The maximum atomic E-state index is 15.2. The summed E-state index contributed by atoms with van der Waals surface area (Å²) in [5, 5.41) is 18.4. The Bertz CT molecular complexity index is 1360. The number of aliphatic hydroxyl groups excluding tert-OH is 1. The van der Waals surface area contributed by atoms with Gasteiger partial charge in [-0.1, -0.05) is 12.1 Å². The largest absolute Gasteiger partial charge is 0.404 e. The first kappa shape index (κ1) is 28.2. The molecule has 40 heavy (non-hydrogen) atoms. The SMILES string of the molecule is NC=C(C=NC1CCN(CC(O)O)CC1)c1cnc2cccc(-c3cc(F)c(CN4CCOCC4)c(F)c3)c2n1. The lowest BCUT2D eigenvalue weighted by atomic mass is 10.0. The number of rotatable bonds is 8. The van der Waals surface area contributed by atoms with Crippen molar-refractivity contribution < 1.29 is 23.7 Å². The number of hydrogen-bond donors (Lipinski definition) is 3. The van der Waals surface area contributed by atoms with Gasteiger partial charge in [0.2, 0.25) is 0 Å². The van der Waals surface area contributed by atoms with Crippen LogP contribution in [0.3, 0.4) is 0 Å². The predicted molar refractivity (Wildman–Crippen MR) is 149 cm³/mol. The minimum Gasteiger partial charge on any atom is -0.404 e. The van der Waals surface area contributed by atoms with Crippen LogP contribution in [0.25, 0.3) is 27.7 Å². The standard InChI is InChI=1S/C29H34F2N6O3/c30-24-12-19(13-25(31)23(24)17-37-8-10-40-11-9-37)22-2-1-3-26-29(22)35-27(16-34-26)20(14-32)15-33-21-4-6-36(7-5-21)18-28(38)39/h1-3,12-16,21,28,38-39H,4-11,17-18,32H2. The number of likely N-dealkylation sites (tertiary alicyclic amines) is 1. The van der Waals surface area contributed by atoms with Crippen molar-refractivity contribution in [1.29, 1.82) is 0 Å².